The van der Waals surface area contributed by atoms with E-state index in [2.05, 4.69) is 20.0 Å². The van der Waals surface area contributed by atoms with Gasteiger partial charge in [-0.3, -0.25) is 9.89 Å². The summed E-state index contributed by atoms with van der Waals surface area (Å²) in [6.07, 6.45) is 8.33. The largest absolute Gasteiger partial charge is 0.858 e. The minimum Gasteiger partial charge on any atom is -0.858 e. The normalized spacial score (nSPS) is 27.8. The molecule has 4 fully saturated rings. The molecular formula is C29H36N6O3. The number of hydrogen-bond donors (Lipinski definition) is 0. The molecule has 1 aromatic carbocycles. The molecule has 2 bridgehead atoms. The van der Waals surface area contributed by atoms with E-state index in [1.54, 1.807) is 22.8 Å². The third-order valence-electron chi connectivity index (χ3n) is 9.00. The minimum absolute atomic E-state index is 0.155. The SMILES string of the molecule is C[C@@](C(=O)O[C@@H]1C[N+]2(CC([O-])=Nc3ccc4ncnn4c3)CCC1CC2)(c1ccccc1)N1CCCCC1. The first-order valence-corrected chi connectivity index (χ1v) is 13.9. The van der Waals surface area contributed by atoms with Gasteiger partial charge in [0, 0.05) is 24.7 Å². The number of carbonyl (C=O) groups is 1. The molecule has 9 nitrogen and oxygen atoms in total. The number of esters is 1. The van der Waals surface area contributed by atoms with Crippen LogP contribution in [0.4, 0.5) is 5.69 Å². The number of ether oxygens (including phenoxy) is 1. The number of fused-ring (bicyclic) bond motifs is 4. The lowest BCUT2D eigenvalue weighted by Crippen LogP contribution is -2.67. The van der Waals surface area contributed by atoms with Crippen LogP contribution >= 0.6 is 0 Å². The second-order valence-electron chi connectivity index (χ2n) is 11.4. The van der Waals surface area contributed by atoms with E-state index in [-0.39, 0.29) is 18.0 Å². The Hall–Kier alpha value is -3.30. The van der Waals surface area contributed by atoms with Crippen molar-refractivity contribution in [1.29, 1.82) is 0 Å². The molecule has 7 rings (SSSR count). The van der Waals surface area contributed by atoms with Gasteiger partial charge in [0.05, 0.1) is 25.0 Å². The topological polar surface area (TPSA) is 95.1 Å². The fourth-order valence-corrected chi connectivity index (χ4v) is 6.70. The molecule has 4 saturated heterocycles. The summed E-state index contributed by atoms with van der Waals surface area (Å²) in [6, 6.07) is 13.6. The molecule has 0 N–H and O–H groups in total. The van der Waals surface area contributed by atoms with E-state index in [0.29, 0.717) is 34.8 Å². The van der Waals surface area contributed by atoms with Gasteiger partial charge >= 0.3 is 5.97 Å². The van der Waals surface area contributed by atoms with Crippen LogP contribution in [0.5, 0.6) is 0 Å². The zero-order valence-electron chi connectivity index (χ0n) is 22.0. The van der Waals surface area contributed by atoms with E-state index < -0.39 is 5.54 Å². The molecule has 4 aliphatic rings. The Morgan fingerprint density at radius 1 is 1.13 bits per heavy atom. The number of rotatable bonds is 7. The Labute approximate surface area is 223 Å². The molecule has 0 spiro atoms. The summed E-state index contributed by atoms with van der Waals surface area (Å²) in [4.78, 5) is 24.8. The summed E-state index contributed by atoms with van der Waals surface area (Å²) in [5, 5.41) is 17.2. The summed E-state index contributed by atoms with van der Waals surface area (Å²) in [6.45, 7) is 6.64. The number of aliphatic imine (C=N–C) groups is 1. The molecule has 6 heterocycles. The molecule has 9 heteroatoms. The van der Waals surface area contributed by atoms with E-state index in [4.69, 9.17) is 4.74 Å². The predicted octanol–water partition coefficient (Wildman–Crippen LogP) is 2.67. The molecule has 200 valence electrons. The molecule has 2 atom stereocenters. The number of aromatic nitrogens is 3. The molecule has 0 unspecified atom stereocenters. The monoisotopic (exact) mass is 516 g/mol. The summed E-state index contributed by atoms with van der Waals surface area (Å²) >= 11 is 0. The van der Waals surface area contributed by atoms with Crippen LogP contribution < -0.4 is 5.11 Å². The lowest BCUT2D eigenvalue weighted by Gasteiger charge is -2.53. The van der Waals surface area contributed by atoms with Gasteiger partial charge in [0.2, 0.25) is 0 Å². The summed E-state index contributed by atoms with van der Waals surface area (Å²) < 4.78 is 8.66. The Bertz CT molecular complexity index is 1310. The van der Waals surface area contributed by atoms with E-state index in [1.165, 1.54) is 12.7 Å². The van der Waals surface area contributed by atoms with E-state index in [1.807, 2.05) is 37.3 Å². The first kappa shape index (κ1) is 25.0. The number of hydrogen-bond acceptors (Lipinski definition) is 7. The van der Waals surface area contributed by atoms with Crippen molar-refractivity contribution in [3.8, 4) is 0 Å². The van der Waals surface area contributed by atoms with Gasteiger partial charge in [-0.15, -0.1) is 0 Å². The molecule has 0 saturated carbocycles. The molecule has 4 aliphatic heterocycles. The van der Waals surface area contributed by atoms with E-state index >= 15 is 0 Å². The van der Waals surface area contributed by atoms with Crippen molar-refractivity contribution in [2.75, 3.05) is 39.3 Å². The number of quaternary nitrogens is 1. The minimum atomic E-state index is -0.816. The number of likely N-dealkylation sites (tertiary alicyclic amines) is 1. The lowest BCUT2D eigenvalue weighted by atomic mass is 9.82. The molecular weight excluding hydrogens is 480 g/mol. The average molecular weight is 517 g/mol. The van der Waals surface area contributed by atoms with Crippen LogP contribution in [0.25, 0.3) is 5.65 Å². The van der Waals surface area contributed by atoms with Gasteiger partial charge in [-0.05, 0) is 50.6 Å². The smallest absolute Gasteiger partial charge is 0.331 e. The van der Waals surface area contributed by atoms with Crippen LogP contribution in [0.15, 0.2) is 60.0 Å². The van der Waals surface area contributed by atoms with Crippen molar-refractivity contribution in [3.63, 3.8) is 0 Å². The Kier molecular flexibility index (Phi) is 6.65. The van der Waals surface area contributed by atoms with Gasteiger partial charge in [-0.1, -0.05) is 36.8 Å². The molecule has 38 heavy (non-hydrogen) atoms. The van der Waals surface area contributed by atoms with E-state index in [9.17, 15) is 9.90 Å². The van der Waals surface area contributed by atoms with Crippen LogP contribution in [0.2, 0.25) is 0 Å². The van der Waals surface area contributed by atoms with Crippen molar-refractivity contribution in [2.24, 2.45) is 10.9 Å². The Balaban J connectivity index is 1.19. The molecule has 2 aromatic heterocycles. The van der Waals surface area contributed by atoms with Gasteiger partial charge in [0.25, 0.3) is 0 Å². The number of nitrogens with zero attached hydrogens (tertiary/aromatic N) is 6. The number of carbonyl (C=O) groups excluding carboxylic acids is 1. The standard InChI is InChI=1S/C29H36N6O3/c1-29(23-8-4-2-5-9-23,33-14-6-3-7-15-33)28(37)38-25-19-35(16-12-22(25)13-17-35)20-27(36)32-24-10-11-26-30-21-31-34(26)18-24/h2,4-5,8-11,18,21-22,25H,3,6-7,12-17,19-20H2,1H3/t22?,25-,29+,35?/m1/s1. The van der Waals surface area contributed by atoms with Gasteiger partial charge in [-0.2, -0.15) is 5.10 Å². The third kappa shape index (κ3) is 4.69. The highest BCUT2D eigenvalue weighted by Gasteiger charge is 2.50. The van der Waals surface area contributed by atoms with Crippen LogP contribution in [-0.2, 0) is 15.1 Å². The predicted molar refractivity (Wildman–Crippen MR) is 142 cm³/mol. The summed E-state index contributed by atoms with van der Waals surface area (Å²) in [7, 11) is 0. The molecule has 3 aromatic rings. The van der Waals surface area contributed by atoms with Gasteiger partial charge in [0.1, 0.15) is 25.0 Å². The summed E-state index contributed by atoms with van der Waals surface area (Å²) in [5.41, 5.74) is 1.45. The van der Waals surface area contributed by atoms with Crippen LogP contribution in [0.1, 0.15) is 44.6 Å². The van der Waals surface area contributed by atoms with Crippen molar-refractivity contribution in [1.82, 2.24) is 19.5 Å². The van der Waals surface area contributed by atoms with Crippen LogP contribution in [0.3, 0.4) is 0 Å². The number of piperidine rings is 4. The molecule has 0 radical (unpaired) electrons. The second-order valence-corrected chi connectivity index (χ2v) is 11.4. The maximum Gasteiger partial charge on any atom is 0.331 e. The molecule has 0 aliphatic carbocycles. The number of pyridine rings is 1. The molecule has 0 amide bonds. The highest BCUT2D eigenvalue weighted by atomic mass is 16.5. The fraction of sp³-hybridized carbons (Fsp3) is 0.517. The zero-order chi connectivity index (χ0) is 26.2. The van der Waals surface area contributed by atoms with Crippen LogP contribution in [0, 0.1) is 5.92 Å². The van der Waals surface area contributed by atoms with Gasteiger partial charge < -0.3 is 14.3 Å². The summed E-state index contributed by atoms with van der Waals surface area (Å²) in [5.74, 6) is 0.0269. The first-order chi connectivity index (χ1) is 18.5. The van der Waals surface area contributed by atoms with Crippen LogP contribution in [-0.4, -0.2) is 81.2 Å². The van der Waals surface area contributed by atoms with Gasteiger partial charge in [-0.25, -0.2) is 14.3 Å². The second kappa shape index (κ2) is 10.1. The third-order valence-corrected chi connectivity index (χ3v) is 9.00. The quantitative estimate of drug-likeness (QED) is 0.207. The van der Waals surface area contributed by atoms with Crippen molar-refractivity contribution in [3.05, 3.63) is 60.6 Å². The maximum absolute atomic E-state index is 14.0. The van der Waals surface area contributed by atoms with Gasteiger partial charge in [0.15, 0.2) is 11.8 Å². The Morgan fingerprint density at radius 2 is 1.89 bits per heavy atom. The fourth-order valence-electron chi connectivity index (χ4n) is 6.70. The average Bonchev–Trinajstić information content (AvgIpc) is 3.42. The lowest BCUT2D eigenvalue weighted by molar-refractivity contribution is -0.939. The van der Waals surface area contributed by atoms with Crippen molar-refractivity contribution >= 4 is 23.2 Å². The zero-order valence-corrected chi connectivity index (χ0v) is 22.0. The highest BCUT2D eigenvalue weighted by Crippen LogP contribution is 2.38. The highest BCUT2D eigenvalue weighted by molar-refractivity contribution is 5.82. The Morgan fingerprint density at radius 3 is 2.66 bits per heavy atom. The van der Waals surface area contributed by atoms with Crippen molar-refractivity contribution < 1.29 is 19.1 Å². The first-order valence-electron chi connectivity index (χ1n) is 13.9. The van der Waals surface area contributed by atoms with Crippen molar-refractivity contribution in [2.45, 2.75) is 50.7 Å². The van der Waals surface area contributed by atoms with E-state index in [0.717, 1.165) is 57.4 Å². The number of benzene rings is 1. The maximum atomic E-state index is 14.0.